The zero-order valence-electron chi connectivity index (χ0n) is 8.17. The van der Waals surface area contributed by atoms with Crippen LogP contribution in [0.5, 0.6) is 0 Å². The molecule has 0 radical (unpaired) electrons. The molecular formula is C8H19NOSSi. The van der Waals surface area contributed by atoms with Crippen molar-refractivity contribution in [3.05, 3.63) is 0 Å². The van der Waals surface area contributed by atoms with Crippen LogP contribution in [0.4, 0.5) is 0 Å². The topological polar surface area (TPSA) is 43.1 Å². The van der Waals surface area contributed by atoms with Gasteiger partial charge in [0.2, 0.25) is 0 Å². The first-order valence-corrected chi connectivity index (χ1v) is 9.02. The monoisotopic (exact) mass is 205 g/mol. The molecule has 0 aliphatic heterocycles. The fourth-order valence-electron chi connectivity index (χ4n) is 0.679. The summed E-state index contributed by atoms with van der Waals surface area (Å²) in [6.45, 7) is 7.49. The van der Waals surface area contributed by atoms with Gasteiger partial charge in [0, 0.05) is 14.6 Å². The quantitative estimate of drug-likeness (QED) is 0.529. The number of nitrogens with two attached hydrogens (primary N) is 1. The van der Waals surface area contributed by atoms with Gasteiger partial charge in [-0.05, 0) is 11.8 Å². The van der Waals surface area contributed by atoms with Crippen LogP contribution in [0.3, 0.4) is 0 Å². The second kappa shape index (κ2) is 5.78. The number of carbonyl (C=O) groups is 1. The third-order valence-electron chi connectivity index (χ3n) is 1.57. The third-order valence-corrected chi connectivity index (χ3v) is 4.85. The molecule has 0 aliphatic carbocycles. The minimum Gasteiger partial charge on any atom is -0.329 e. The molecule has 1 atom stereocenters. The van der Waals surface area contributed by atoms with Gasteiger partial charge in [-0.15, -0.1) is 11.8 Å². The van der Waals surface area contributed by atoms with Gasteiger partial charge in [0.1, 0.15) is 6.29 Å². The summed E-state index contributed by atoms with van der Waals surface area (Å²) in [4.78, 5) is 10.4. The van der Waals surface area contributed by atoms with E-state index >= 15 is 0 Å². The normalized spacial score (nSPS) is 14.3. The zero-order chi connectivity index (χ0) is 9.61. The van der Waals surface area contributed by atoms with Gasteiger partial charge in [-0.3, -0.25) is 0 Å². The maximum atomic E-state index is 10.4. The van der Waals surface area contributed by atoms with Gasteiger partial charge in [0.25, 0.3) is 0 Å². The average Bonchev–Trinajstić information content (AvgIpc) is 1.96. The van der Waals surface area contributed by atoms with Gasteiger partial charge in [-0.25, -0.2) is 0 Å². The summed E-state index contributed by atoms with van der Waals surface area (Å²) in [5.41, 5.74) is 5.39. The second-order valence-electron chi connectivity index (χ2n) is 4.09. The van der Waals surface area contributed by atoms with E-state index < -0.39 is 8.07 Å². The summed E-state index contributed by atoms with van der Waals surface area (Å²) >= 11 is 1.69. The molecule has 0 aromatic carbocycles. The molecule has 0 rings (SSSR count). The molecule has 2 N–H and O–H groups in total. The lowest BCUT2D eigenvalue weighted by Crippen LogP contribution is -2.23. The van der Waals surface area contributed by atoms with Crippen LogP contribution in [-0.4, -0.2) is 31.9 Å². The Bertz CT molecular complexity index is 136. The molecule has 1 unspecified atom stereocenters. The van der Waals surface area contributed by atoms with E-state index in [2.05, 4.69) is 19.6 Å². The van der Waals surface area contributed by atoms with Crippen molar-refractivity contribution in [2.75, 3.05) is 12.3 Å². The molecule has 0 bridgehead atoms. The molecule has 0 fully saturated rings. The Kier molecular flexibility index (Phi) is 5.87. The van der Waals surface area contributed by atoms with E-state index in [4.69, 9.17) is 5.73 Å². The lowest BCUT2D eigenvalue weighted by atomic mass is 10.5. The number of rotatable bonds is 6. The van der Waals surface area contributed by atoms with E-state index in [0.29, 0.717) is 6.54 Å². The van der Waals surface area contributed by atoms with Crippen molar-refractivity contribution in [2.45, 2.75) is 30.9 Å². The van der Waals surface area contributed by atoms with Gasteiger partial charge in [0.05, 0.1) is 5.25 Å². The van der Waals surface area contributed by atoms with E-state index in [-0.39, 0.29) is 5.25 Å². The van der Waals surface area contributed by atoms with Crippen LogP contribution in [-0.2, 0) is 4.79 Å². The predicted octanol–water partition coefficient (Wildman–Crippen LogP) is 1.58. The highest BCUT2D eigenvalue weighted by atomic mass is 32.2. The summed E-state index contributed by atoms with van der Waals surface area (Å²) in [5, 5.41) is 0.0151. The highest BCUT2D eigenvalue weighted by Gasteiger charge is 2.13. The lowest BCUT2D eigenvalue weighted by Gasteiger charge is -2.16. The van der Waals surface area contributed by atoms with Gasteiger partial charge >= 0.3 is 0 Å². The fraction of sp³-hybridized carbons (Fsp3) is 0.875. The largest absolute Gasteiger partial charge is 0.329 e. The van der Waals surface area contributed by atoms with E-state index in [1.54, 1.807) is 11.8 Å². The molecule has 0 spiro atoms. The van der Waals surface area contributed by atoms with Crippen LogP contribution in [0.25, 0.3) is 0 Å². The smallest absolute Gasteiger partial charge is 0.134 e. The SMILES string of the molecule is C[Si](C)(C)CCSC(C=O)CN. The van der Waals surface area contributed by atoms with Crippen molar-refractivity contribution >= 4 is 26.1 Å². The zero-order valence-corrected chi connectivity index (χ0v) is 9.99. The number of thioether (sulfide) groups is 1. The van der Waals surface area contributed by atoms with Gasteiger partial charge in [-0.2, -0.15) is 0 Å². The van der Waals surface area contributed by atoms with E-state index in [1.165, 1.54) is 6.04 Å². The summed E-state index contributed by atoms with van der Waals surface area (Å²) < 4.78 is 0. The fourth-order valence-corrected chi connectivity index (χ4v) is 4.12. The molecule has 0 aromatic rings. The van der Waals surface area contributed by atoms with Crippen LogP contribution < -0.4 is 5.73 Å². The van der Waals surface area contributed by atoms with Gasteiger partial charge in [-0.1, -0.05) is 19.6 Å². The number of aldehydes is 1. The van der Waals surface area contributed by atoms with Crippen molar-refractivity contribution in [2.24, 2.45) is 5.73 Å². The first-order valence-electron chi connectivity index (χ1n) is 4.26. The van der Waals surface area contributed by atoms with Crippen molar-refractivity contribution in [3.63, 3.8) is 0 Å². The van der Waals surface area contributed by atoms with E-state index in [0.717, 1.165) is 12.0 Å². The highest BCUT2D eigenvalue weighted by molar-refractivity contribution is 8.00. The summed E-state index contributed by atoms with van der Waals surface area (Å²) in [7, 11) is -0.927. The molecule has 0 aliphatic rings. The summed E-state index contributed by atoms with van der Waals surface area (Å²) in [5.74, 6) is 1.08. The minimum absolute atomic E-state index is 0.0151. The molecule has 72 valence electrons. The first-order chi connectivity index (χ1) is 5.49. The maximum absolute atomic E-state index is 10.4. The molecule has 0 aromatic heterocycles. The van der Waals surface area contributed by atoms with E-state index in [1.807, 2.05) is 0 Å². The number of carbonyl (C=O) groups excluding carboxylic acids is 1. The molecular weight excluding hydrogens is 186 g/mol. The Labute approximate surface area is 80.3 Å². The summed E-state index contributed by atoms with van der Waals surface area (Å²) in [6, 6.07) is 1.27. The molecule has 2 nitrogen and oxygen atoms in total. The number of hydrogen-bond donors (Lipinski definition) is 1. The van der Waals surface area contributed by atoms with Crippen molar-refractivity contribution in [1.82, 2.24) is 0 Å². The maximum Gasteiger partial charge on any atom is 0.134 e. The van der Waals surface area contributed by atoms with E-state index in [9.17, 15) is 4.79 Å². The Balaban J connectivity index is 3.48. The van der Waals surface area contributed by atoms with Crippen molar-refractivity contribution < 1.29 is 4.79 Å². The third kappa shape index (κ3) is 6.88. The Hall–Kier alpha value is 0.197. The summed E-state index contributed by atoms with van der Waals surface area (Å²) in [6.07, 6.45) is 0.953. The minimum atomic E-state index is -0.927. The van der Waals surface area contributed by atoms with Crippen molar-refractivity contribution in [1.29, 1.82) is 0 Å². The Morgan fingerprint density at radius 1 is 1.50 bits per heavy atom. The second-order valence-corrected chi connectivity index (χ2v) is 11.1. The van der Waals surface area contributed by atoms with Gasteiger partial charge < -0.3 is 10.5 Å². The Morgan fingerprint density at radius 2 is 2.08 bits per heavy atom. The molecule has 0 heterocycles. The molecule has 12 heavy (non-hydrogen) atoms. The van der Waals surface area contributed by atoms with Gasteiger partial charge in [0.15, 0.2) is 0 Å². The van der Waals surface area contributed by atoms with Crippen LogP contribution in [0, 0.1) is 0 Å². The van der Waals surface area contributed by atoms with Crippen LogP contribution in [0.1, 0.15) is 0 Å². The predicted molar refractivity (Wildman–Crippen MR) is 59.5 cm³/mol. The van der Waals surface area contributed by atoms with Crippen LogP contribution in [0.15, 0.2) is 0 Å². The lowest BCUT2D eigenvalue weighted by molar-refractivity contribution is -0.107. The van der Waals surface area contributed by atoms with Crippen LogP contribution >= 0.6 is 11.8 Å². The molecule has 0 saturated carbocycles. The van der Waals surface area contributed by atoms with Crippen LogP contribution in [0.2, 0.25) is 25.7 Å². The van der Waals surface area contributed by atoms with Crippen molar-refractivity contribution in [3.8, 4) is 0 Å². The first kappa shape index (κ1) is 12.2. The molecule has 4 heteroatoms. The standard InChI is InChI=1S/C8H19NOSSi/c1-12(2,3)5-4-11-8(6-9)7-10/h7-8H,4-6,9H2,1-3H3. The highest BCUT2D eigenvalue weighted by Crippen LogP contribution is 2.16. The average molecular weight is 205 g/mol. The number of hydrogen-bond acceptors (Lipinski definition) is 3. The Morgan fingerprint density at radius 3 is 2.42 bits per heavy atom. The molecule has 0 amide bonds. The molecule has 0 saturated heterocycles.